The van der Waals surface area contributed by atoms with Gasteiger partial charge in [-0.05, 0) is 37.5 Å². The lowest BCUT2D eigenvalue weighted by molar-refractivity contribution is -0.119. The number of nitrogens with zero attached hydrogens (tertiary/aromatic N) is 3. The summed E-state index contributed by atoms with van der Waals surface area (Å²) in [6.07, 6.45) is 5.80. The quantitative estimate of drug-likeness (QED) is 0.928. The molecule has 7 heteroatoms. The highest BCUT2D eigenvalue weighted by molar-refractivity contribution is 5.91. The molecule has 0 bridgehead atoms. The molecule has 1 fully saturated rings. The number of rotatable bonds is 4. The molecule has 1 atom stereocenters. The predicted molar refractivity (Wildman–Crippen MR) is 87.4 cm³/mol. The van der Waals surface area contributed by atoms with E-state index in [0.717, 1.165) is 24.9 Å². The molecule has 1 aliphatic rings. The summed E-state index contributed by atoms with van der Waals surface area (Å²) in [5.41, 5.74) is 1.12. The summed E-state index contributed by atoms with van der Waals surface area (Å²) in [7, 11) is 0. The Morgan fingerprint density at radius 2 is 2.25 bits per heavy atom. The van der Waals surface area contributed by atoms with E-state index in [-0.39, 0.29) is 24.4 Å². The highest BCUT2D eigenvalue weighted by Crippen LogP contribution is 2.23. The average Bonchev–Trinajstić information content (AvgIpc) is 3.21. The zero-order chi connectivity index (χ0) is 17.1. The summed E-state index contributed by atoms with van der Waals surface area (Å²) in [4.78, 5) is 25.4. The maximum absolute atomic E-state index is 12.6. The molecule has 2 amide bonds. The second kappa shape index (κ2) is 6.90. The number of furan rings is 1. The van der Waals surface area contributed by atoms with Crippen LogP contribution < -0.4 is 5.32 Å². The van der Waals surface area contributed by atoms with Gasteiger partial charge in [-0.25, -0.2) is 0 Å². The molecule has 0 spiro atoms. The van der Waals surface area contributed by atoms with Gasteiger partial charge in [-0.15, -0.1) is 0 Å². The fourth-order valence-electron chi connectivity index (χ4n) is 2.94. The third-order valence-electron chi connectivity index (χ3n) is 4.17. The van der Waals surface area contributed by atoms with Crippen LogP contribution >= 0.6 is 0 Å². The Morgan fingerprint density at radius 1 is 1.42 bits per heavy atom. The molecule has 1 aliphatic heterocycles. The molecule has 3 heterocycles. The lowest BCUT2D eigenvalue weighted by Crippen LogP contribution is -2.40. The molecular formula is C17H22N4O3. The first kappa shape index (κ1) is 16.3. The first-order valence-electron chi connectivity index (χ1n) is 8.16. The van der Waals surface area contributed by atoms with Crippen LogP contribution in [0, 0.1) is 6.92 Å². The Kier molecular flexibility index (Phi) is 4.69. The van der Waals surface area contributed by atoms with Gasteiger partial charge in [-0.3, -0.25) is 14.3 Å². The number of amides is 2. The minimum Gasteiger partial charge on any atom is -0.454 e. The monoisotopic (exact) mass is 330 g/mol. The maximum atomic E-state index is 12.6. The summed E-state index contributed by atoms with van der Waals surface area (Å²) in [6.45, 7) is 5.09. The van der Waals surface area contributed by atoms with Gasteiger partial charge in [0.25, 0.3) is 5.91 Å². The van der Waals surface area contributed by atoms with Crippen LogP contribution in [0.3, 0.4) is 0 Å². The number of piperidine rings is 1. The van der Waals surface area contributed by atoms with Crippen LogP contribution in [0.5, 0.6) is 0 Å². The van der Waals surface area contributed by atoms with Gasteiger partial charge in [0.2, 0.25) is 5.91 Å². The summed E-state index contributed by atoms with van der Waals surface area (Å²) in [5.74, 6) is 0.641. The molecule has 1 N–H and O–H groups in total. The SMILES string of the molecule is CC(=O)NCc1ccc(C(=O)N2CCC[C@@H](n3cc(C)cn3)C2)o1. The predicted octanol–water partition coefficient (Wildman–Crippen LogP) is 1.90. The molecule has 128 valence electrons. The molecule has 24 heavy (non-hydrogen) atoms. The maximum Gasteiger partial charge on any atom is 0.289 e. The lowest BCUT2D eigenvalue weighted by atomic mass is 10.1. The van der Waals surface area contributed by atoms with Crippen LogP contribution in [0.4, 0.5) is 0 Å². The molecule has 2 aromatic rings. The Bertz CT molecular complexity index is 734. The average molecular weight is 330 g/mol. The molecule has 0 aliphatic carbocycles. The van der Waals surface area contributed by atoms with Crippen molar-refractivity contribution in [2.24, 2.45) is 0 Å². The van der Waals surface area contributed by atoms with E-state index in [1.165, 1.54) is 6.92 Å². The summed E-state index contributed by atoms with van der Waals surface area (Å²) < 4.78 is 7.51. The fraction of sp³-hybridized carbons (Fsp3) is 0.471. The number of nitrogens with one attached hydrogen (secondary N) is 1. The van der Waals surface area contributed by atoms with E-state index in [2.05, 4.69) is 10.4 Å². The van der Waals surface area contributed by atoms with E-state index in [9.17, 15) is 9.59 Å². The van der Waals surface area contributed by atoms with Crippen molar-refractivity contribution in [3.8, 4) is 0 Å². The van der Waals surface area contributed by atoms with Crippen molar-refractivity contribution in [3.05, 3.63) is 41.6 Å². The van der Waals surface area contributed by atoms with Gasteiger partial charge in [-0.1, -0.05) is 0 Å². The number of likely N-dealkylation sites (tertiary alicyclic amines) is 1. The van der Waals surface area contributed by atoms with E-state index >= 15 is 0 Å². The van der Waals surface area contributed by atoms with Gasteiger partial charge < -0.3 is 14.6 Å². The summed E-state index contributed by atoms with van der Waals surface area (Å²) in [5, 5.41) is 7.02. The van der Waals surface area contributed by atoms with Gasteiger partial charge in [0.1, 0.15) is 5.76 Å². The highest BCUT2D eigenvalue weighted by atomic mass is 16.4. The fourth-order valence-corrected chi connectivity index (χ4v) is 2.94. The molecular weight excluding hydrogens is 308 g/mol. The topological polar surface area (TPSA) is 80.4 Å². The van der Waals surface area contributed by atoms with Crippen LogP contribution in [0.1, 0.15) is 47.7 Å². The van der Waals surface area contributed by atoms with Gasteiger partial charge in [0.15, 0.2) is 5.76 Å². The van der Waals surface area contributed by atoms with Gasteiger partial charge >= 0.3 is 0 Å². The molecule has 0 aromatic carbocycles. The number of hydrogen-bond donors (Lipinski definition) is 1. The zero-order valence-corrected chi connectivity index (χ0v) is 14.0. The minimum atomic E-state index is -0.132. The number of carbonyl (C=O) groups is 2. The first-order chi connectivity index (χ1) is 11.5. The summed E-state index contributed by atoms with van der Waals surface area (Å²) >= 11 is 0. The highest BCUT2D eigenvalue weighted by Gasteiger charge is 2.27. The second-order valence-corrected chi connectivity index (χ2v) is 6.22. The molecule has 1 saturated heterocycles. The number of hydrogen-bond acceptors (Lipinski definition) is 4. The largest absolute Gasteiger partial charge is 0.454 e. The van der Waals surface area contributed by atoms with Crippen molar-refractivity contribution in [1.82, 2.24) is 20.0 Å². The molecule has 0 saturated carbocycles. The van der Waals surface area contributed by atoms with E-state index in [0.29, 0.717) is 18.1 Å². The van der Waals surface area contributed by atoms with E-state index < -0.39 is 0 Å². The van der Waals surface area contributed by atoms with Crippen molar-refractivity contribution in [3.63, 3.8) is 0 Å². The van der Waals surface area contributed by atoms with Crippen molar-refractivity contribution < 1.29 is 14.0 Å². The van der Waals surface area contributed by atoms with Crippen molar-refractivity contribution in [2.75, 3.05) is 13.1 Å². The Balaban J connectivity index is 1.65. The van der Waals surface area contributed by atoms with Crippen molar-refractivity contribution in [1.29, 1.82) is 0 Å². The smallest absolute Gasteiger partial charge is 0.289 e. The standard InChI is InChI=1S/C17H22N4O3/c1-12-8-19-21(10-12)14-4-3-7-20(11-14)17(23)16-6-5-15(24-16)9-18-13(2)22/h5-6,8,10,14H,3-4,7,9,11H2,1-2H3,(H,18,22)/t14-/m1/s1. The zero-order valence-electron chi connectivity index (χ0n) is 14.0. The Hall–Kier alpha value is -2.57. The normalized spacial score (nSPS) is 17.8. The van der Waals surface area contributed by atoms with Gasteiger partial charge in [0, 0.05) is 26.2 Å². The summed E-state index contributed by atoms with van der Waals surface area (Å²) in [6, 6.07) is 3.59. The van der Waals surface area contributed by atoms with E-state index in [4.69, 9.17) is 4.42 Å². The van der Waals surface area contributed by atoms with Crippen LogP contribution in [0.15, 0.2) is 28.9 Å². The molecule has 2 aromatic heterocycles. The van der Waals surface area contributed by atoms with Crippen LogP contribution in [-0.2, 0) is 11.3 Å². The van der Waals surface area contributed by atoms with Gasteiger partial charge in [0.05, 0.1) is 18.8 Å². The molecule has 0 radical (unpaired) electrons. The molecule has 0 unspecified atom stereocenters. The second-order valence-electron chi connectivity index (χ2n) is 6.22. The number of carbonyl (C=O) groups excluding carboxylic acids is 2. The third-order valence-corrected chi connectivity index (χ3v) is 4.17. The van der Waals surface area contributed by atoms with E-state index in [1.54, 1.807) is 12.1 Å². The Morgan fingerprint density at radius 3 is 2.96 bits per heavy atom. The van der Waals surface area contributed by atoms with Gasteiger partial charge in [-0.2, -0.15) is 5.10 Å². The first-order valence-corrected chi connectivity index (χ1v) is 8.16. The van der Waals surface area contributed by atoms with Crippen molar-refractivity contribution >= 4 is 11.8 Å². The number of aromatic nitrogens is 2. The lowest BCUT2D eigenvalue weighted by Gasteiger charge is -2.32. The Labute approximate surface area is 140 Å². The molecule has 7 nitrogen and oxygen atoms in total. The third kappa shape index (κ3) is 3.67. The van der Waals surface area contributed by atoms with E-state index in [1.807, 2.05) is 28.9 Å². The van der Waals surface area contributed by atoms with Crippen LogP contribution in [-0.4, -0.2) is 39.6 Å². The minimum absolute atomic E-state index is 0.113. The number of aryl methyl sites for hydroxylation is 1. The van der Waals surface area contributed by atoms with Crippen LogP contribution in [0.25, 0.3) is 0 Å². The van der Waals surface area contributed by atoms with Crippen molar-refractivity contribution in [2.45, 2.75) is 39.3 Å². The molecule has 3 rings (SSSR count). The van der Waals surface area contributed by atoms with Crippen LogP contribution in [0.2, 0.25) is 0 Å².